The minimum atomic E-state index is -3.95. The van der Waals surface area contributed by atoms with Crippen LogP contribution in [0.15, 0.2) is 59.5 Å². The number of anilines is 2. The van der Waals surface area contributed by atoms with E-state index in [0.29, 0.717) is 21.6 Å². The molecule has 43 heavy (non-hydrogen) atoms. The summed E-state index contributed by atoms with van der Waals surface area (Å²) < 4.78 is 29.2. The maximum Gasteiger partial charge on any atom is 0.348 e. The fraction of sp³-hybridized carbons (Fsp3) is 0.438. The SMILES string of the molecule is CC1CCCN1c1ccc(S(=O)(=O)N2CC(=O)N(c3cc(-c4ccc(Cl)cc4)sc3C(=O)O)C(C3CCCCC3)C2)cc1. The van der Waals surface area contributed by atoms with E-state index in [1.165, 1.54) is 4.31 Å². The van der Waals surface area contributed by atoms with Crippen molar-refractivity contribution in [3.05, 3.63) is 64.5 Å². The number of aromatic carboxylic acids is 1. The summed E-state index contributed by atoms with van der Waals surface area (Å²) in [5.74, 6) is -1.45. The van der Waals surface area contributed by atoms with Crippen molar-refractivity contribution >= 4 is 56.2 Å². The van der Waals surface area contributed by atoms with Crippen LogP contribution in [0.2, 0.25) is 5.02 Å². The number of carboxylic acid groups (broad SMARTS) is 1. The number of benzene rings is 2. The van der Waals surface area contributed by atoms with Gasteiger partial charge in [-0.25, -0.2) is 13.2 Å². The van der Waals surface area contributed by atoms with Crippen molar-refractivity contribution in [2.75, 3.05) is 29.4 Å². The number of hydrogen-bond donors (Lipinski definition) is 1. The van der Waals surface area contributed by atoms with Crippen molar-refractivity contribution in [1.82, 2.24) is 4.31 Å². The standard InChI is InChI=1S/C32H36ClN3O5S2/c1-21-6-5-17-35(21)25-13-15-26(16-14-25)43(40,41)34-19-28(22-7-3-2-4-8-22)36(30(37)20-34)27-18-29(42-31(27)32(38)39)23-9-11-24(33)12-10-23/h9-16,18,21-22,28H,2-8,17,19-20H2,1H3,(H,38,39). The first-order valence-electron chi connectivity index (χ1n) is 15.0. The molecule has 3 aliphatic rings. The molecule has 0 radical (unpaired) electrons. The van der Waals surface area contributed by atoms with E-state index < -0.39 is 27.9 Å². The zero-order valence-corrected chi connectivity index (χ0v) is 26.5. The molecule has 2 saturated heterocycles. The van der Waals surface area contributed by atoms with Crippen LogP contribution in [0.5, 0.6) is 0 Å². The number of carbonyl (C=O) groups excluding carboxylic acids is 1. The molecule has 6 rings (SSSR count). The number of nitrogens with zero attached hydrogens (tertiary/aromatic N) is 3. The molecule has 228 valence electrons. The van der Waals surface area contributed by atoms with Crippen LogP contribution in [0.4, 0.5) is 11.4 Å². The van der Waals surface area contributed by atoms with Crippen LogP contribution in [0.3, 0.4) is 0 Å². The summed E-state index contributed by atoms with van der Waals surface area (Å²) in [6.45, 7) is 2.90. The van der Waals surface area contributed by atoms with Crippen LogP contribution in [-0.2, 0) is 14.8 Å². The number of hydrogen-bond acceptors (Lipinski definition) is 6. The highest BCUT2D eigenvalue weighted by Crippen LogP contribution is 2.42. The van der Waals surface area contributed by atoms with Crippen LogP contribution in [-0.4, -0.2) is 61.4 Å². The number of piperazine rings is 1. The summed E-state index contributed by atoms with van der Waals surface area (Å²) in [4.78, 5) is 31.3. The second kappa shape index (κ2) is 12.2. The Kier molecular flexibility index (Phi) is 8.56. The Labute approximate surface area is 261 Å². The number of rotatable bonds is 7. The van der Waals surface area contributed by atoms with Gasteiger partial charge in [0.25, 0.3) is 0 Å². The summed E-state index contributed by atoms with van der Waals surface area (Å²) in [7, 11) is -3.95. The predicted octanol–water partition coefficient (Wildman–Crippen LogP) is 6.74. The van der Waals surface area contributed by atoms with Gasteiger partial charge in [-0.3, -0.25) is 4.79 Å². The Morgan fingerprint density at radius 3 is 2.30 bits per heavy atom. The maximum atomic E-state index is 14.0. The molecule has 3 aromatic rings. The molecule has 2 aliphatic heterocycles. The molecule has 1 N–H and O–H groups in total. The molecule has 2 atom stereocenters. The minimum absolute atomic E-state index is 0.0651. The molecule has 2 aromatic carbocycles. The van der Waals surface area contributed by atoms with Gasteiger partial charge in [0, 0.05) is 34.7 Å². The van der Waals surface area contributed by atoms with E-state index in [1.54, 1.807) is 35.2 Å². The number of halogens is 1. The van der Waals surface area contributed by atoms with Crippen molar-refractivity contribution in [3.8, 4) is 10.4 Å². The third-order valence-corrected chi connectivity index (χ3v) is 12.4. The van der Waals surface area contributed by atoms with Crippen molar-refractivity contribution in [2.24, 2.45) is 5.92 Å². The van der Waals surface area contributed by atoms with E-state index in [4.69, 9.17) is 11.6 Å². The Balaban J connectivity index is 1.33. The van der Waals surface area contributed by atoms with Crippen molar-refractivity contribution in [2.45, 2.75) is 68.8 Å². The Morgan fingerprint density at radius 2 is 1.67 bits per heavy atom. The van der Waals surface area contributed by atoms with Crippen LogP contribution in [0.25, 0.3) is 10.4 Å². The van der Waals surface area contributed by atoms with E-state index >= 15 is 0 Å². The van der Waals surface area contributed by atoms with E-state index in [-0.39, 0.29) is 28.8 Å². The van der Waals surface area contributed by atoms with Gasteiger partial charge in [0.2, 0.25) is 15.9 Å². The zero-order valence-electron chi connectivity index (χ0n) is 24.1. The number of carbonyl (C=O) groups is 2. The molecule has 0 spiro atoms. The molecule has 3 fully saturated rings. The van der Waals surface area contributed by atoms with Crippen LogP contribution in [0.1, 0.15) is 61.5 Å². The minimum Gasteiger partial charge on any atom is -0.477 e. The third kappa shape index (κ3) is 5.94. The van der Waals surface area contributed by atoms with Gasteiger partial charge in [-0.1, -0.05) is 43.0 Å². The van der Waals surface area contributed by atoms with Gasteiger partial charge in [-0.05, 0) is 86.6 Å². The van der Waals surface area contributed by atoms with Gasteiger partial charge in [0.15, 0.2) is 0 Å². The zero-order chi connectivity index (χ0) is 30.3. The molecule has 1 aliphatic carbocycles. The van der Waals surface area contributed by atoms with Gasteiger partial charge in [0.1, 0.15) is 4.88 Å². The van der Waals surface area contributed by atoms with Crippen molar-refractivity contribution in [1.29, 1.82) is 0 Å². The fourth-order valence-corrected chi connectivity index (χ4v) is 9.41. The van der Waals surface area contributed by atoms with Crippen molar-refractivity contribution < 1.29 is 23.1 Å². The molecular formula is C32H36ClN3O5S2. The average molecular weight is 642 g/mol. The van der Waals surface area contributed by atoms with E-state index in [0.717, 1.165) is 74.1 Å². The van der Waals surface area contributed by atoms with E-state index in [2.05, 4.69) is 11.8 Å². The number of amides is 1. The van der Waals surface area contributed by atoms with Gasteiger partial charge in [-0.2, -0.15) is 4.31 Å². The Hall–Kier alpha value is -2.92. The molecule has 1 saturated carbocycles. The second-order valence-electron chi connectivity index (χ2n) is 11.8. The fourth-order valence-electron chi connectivity index (χ4n) is 6.89. The van der Waals surface area contributed by atoms with Crippen LogP contribution < -0.4 is 9.80 Å². The molecule has 11 heteroatoms. The predicted molar refractivity (Wildman–Crippen MR) is 171 cm³/mol. The second-order valence-corrected chi connectivity index (χ2v) is 15.3. The highest BCUT2D eigenvalue weighted by molar-refractivity contribution is 7.89. The highest BCUT2D eigenvalue weighted by atomic mass is 35.5. The Bertz CT molecular complexity index is 1600. The normalized spacial score (nSPS) is 22.3. The molecule has 1 aromatic heterocycles. The molecular weight excluding hydrogens is 606 g/mol. The van der Waals surface area contributed by atoms with Gasteiger partial charge >= 0.3 is 5.97 Å². The Morgan fingerprint density at radius 1 is 0.977 bits per heavy atom. The lowest BCUT2D eigenvalue weighted by molar-refractivity contribution is -0.121. The smallest absolute Gasteiger partial charge is 0.348 e. The van der Waals surface area contributed by atoms with Crippen LogP contribution in [0, 0.1) is 5.92 Å². The quantitative estimate of drug-likeness (QED) is 0.307. The van der Waals surface area contributed by atoms with Crippen LogP contribution >= 0.6 is 22.9 Å². The number of thiophene rings is 1. The summed E-state index contributed by atoms with van der Waals surface area (Å²) >= 11 is 7.18. The third-order valence-electron chi connectivity index (χ3n) is 9.15. The molecule has 1 amide bonds. The topological polar surface area (TPSA) is 98.2 Å². The molecule has 8 nitrogen and oxygen atoms in total. The largest absolute Gasteiger partial charge is 0.477 e. The lowest BCUT2D eigenvalue weighted by Crippen LogP contribution is -2.60. The van der Waals surface area contributed by atoms with Gasteiger partial charge < -0.3 is 14.9 Å². The van der Waals surface area contributed by atoms with Gasteiger partial charge in [-0.15, -0.1) is 11.3 Å². The molecule has 0 bridgehead atoms. The van der Waals surface area contributed by atoms with Gasteiger partial charge in [0.05, 0.1) is 23.2 Å². The first-order chi connectivity index (χ1) is 20.6. The summed E-state index contributed by atoms with van der Waals surface area (Å²) in [6, 6.07) is 15.8. The van der Waals surface area contributed by atoms with E-state index in [1.807, 2.05) is 24.3 Å². The first kappa shape index (κ1) is 30.1. The lowest BCUT2D eigenvalue weighted by Gasteiger charge is -2.44. The molecule has 2 unspecified atom stereocenters. The van der Waals surface area contributed by atoms with Crippen molar-refractivity contribution in [3.63, 3.8) is 0 Å². The van der Waals surface area contributed by atoms with E-state index in [9.17, 15) is 23.1 Å². The first-order valence-corrected chi connectivity index (χ1v) is 17.6. The maximum absolute atomic E-state index is 14.0. The summed E-state index contributed by atoms with van der Waals surface area (Å²) in [6.07, 6.45) is 7.05. The number of carboxylic acids is 1. The number of sulfonamides is 1. The monoisotopic (exact) mass is 641 g/mol. The summed E-state index contributed by atoms with van der Waals surface area (Å²) in [5, 5.41) is 10.7. The molecule has 3 heterocycles. The average Bonchev–Trinajstić information content (AvgIpc) is 3.64. The lowest BCUT2D eigenvalue weighted by atomic mass is 9.82. The summed E-state index contributed by atoms with van der Waals surface area (Å²) in [5.41, 5.74) is 2.14. The highest BCUT2D eigenvalue weighted by Gasteiger charge is 2.44.